The molecule has 0 radical (unpaired) electrons. The Morgan fingerprint density at radius 1 is 1.25 bits per heavy atom. The molecule has 1 fully saturated rings. The first-order valence-electron chi connectivity index (χ1n) is 6.65. The third-order valence-corrected chi connectivity index (χ3v) is 3.71. The van der Waals surface area contributed by atoms with Crippen LogP contribution in [0.1, 0.15) is 18.4 Å². The molecule has 0 aliphatic carbocycles. The monoisotopic (exact) mass is 290 g/mol. The summed E-state index contributed by atoms with van der Waals surface area (Å²) >= 11 is 0. The lowest BCUT2D eigenvalue weighted by Crippen LogP contribution is -2.33. The van der Waals surface area contributed by atoms with E-state index in [9.17, 15) is 17.6 Å². The molecule has 1 aliphatic rings. The zero-order chi connectivity index (χ0) is 14.8. The number of halogens is 4. The molecule has 20 heavy (non-hydrogen) atoms. The molecule has 1 aliphatic heterocycles. The third kappa shape index (κ3) is 3.85. The summed E-state index contributed by atoms with van der Waals surface area (Å²) in [5.41, 5.74) is -0.900. The highest BCUT2D eigenvalue weighted by Gasteiger charge is 2.31. The largest absolute Gasteiger partial charge is 0.416 e. The summed E-state index contributed by atoms with van der Waals surface area (Å²) in [7, 11) is 2.04. The van der Waals surface area contributed by atoms with Gasteiger partial charge in [0.1, 0.15) is 5.82 Å². The number of piperidine rings is 1. The lowest BCUT2D eigenvalue weighted by Gasteiger charge is -2.29. The average molecular weight is 290 g/mol. The van der Waals surface area contributed by atoms with Crippen molar-refractivity contribution in [1.29, 1.82) is 0 Å². The zero-order valence-corrected chi connectivity index (χ0v) is 11.3. The number of nitrogens with one attached hydrogen (secondary N) is 1. The maximum absolute atomic E-state index is 13.5. The molecular weight excluding hydrogens is 272 g/mol. The van der Waals surface area contributed by atoms with E-state index in [0.717, 1.165) is 44.1 Å². The second-order valence-electron chi connectivity index (χ2n) is 5.32. The number of likely N-dealkylation sites (tertiary alicyclic amines) is 1. The fourth-order valence-electron chi connectivity index (χ4n) is 2.36. The van der Waals surface area contributed by atoms with Gasteiger partial charge in [-0.1, -0.05) is 0 Å². The minimum absolute atomic E-state index is 0.0706. The van der Waals surface area contributed by atoms with E-state index in [1.54, 1.807) is 0 Å². The molecule has 6 heteroatoms. The molecule has 1 N–H and O–H groups in total. The fourth-order valence-corrected chi connectivity index (χ4v) is 2.36. The van der Waals surface area contributed by atoms with E-state index in [-0.39, 0.29) is 5.69 Å². The summed E-state index contributed by atoms with van der Waals surface area (Å²) in [5, 5.41) is 2.82. The van der Waals surface area contributed by atoms with Crippen LogP contribution in [0.2, 0.25) is 0 Å². The molecule has 0 unspecified atom stereocenters. The van der Waals surface area contributed by atoms with Crippen molar-refractivity contribution < 1.29 is 17.6 Å². The standard InChI is InChI=1S/C14H18F4N2/c1-20-6-4-10(5-7-20)9-19-13-8-11(14(16,17)18)2-3-12(13)15/h2-3,8,10,19H,4-7,9H2,1H3. The van der Waals surface area contributed by atoms with Gasteiger partial charge in [-0.05, 0) is 57.1 Å². The first-order valence-corrected chi connectivity index (χ1v) is 6.65. The highest BCUT2D eigenvalue weighted by molar-refractivity contribution is 5.48. The summed E-state index contributed by atoms with van der Waals surface area (Å²) in [6, 6.07) is 2.46. The van der Waals surface area contributed by atoms with Crippen LogP contribution in [0.25, 0.3) is 0 Å². The van der Waals surface area contributed by atoms with E-state index in [4.69, 9.17) is 0 Å². The van der Waals surface area contributed by atoms with Crippen LogP contribution in [-0.2, 0) is 6.18 Å². The number of alkyl halides is 3. The molecule has 0 amide bonds. The van der Waals surface area contributed by atoms with Gasteiger partial charge in [-0.15, -0.1) is 0 Å². The molecule has 1 heterocycles. The predicted molar refractivity (Wildman–Crippen MR) is 70.1 cm³/mol. The van der Waals surface area contributed by atoms with Crippen molar-refractivity contribution in [1.82, 2.24) is 4.90 Å². The van der Waals surface area contributed by atoms with Crippen LogP contribution in [0.5, 0.6) is 0 Å². The van der Waals surface area contributed by atoms with Gasteiger partial charge in [0.05, 0.1) is 11.3 Å². The van der Waals surface area contributed by atoms with Gasteiger partial charge >= 0.3 is 6.18 Å². The number of anilines is 1. The number of benzene rings is 1. The summed E-state index contributed by atoms with van der Waals surface area (Å²) in [5.74, 6) is -0.272. The summed E-state index contributed by atoms with van der Waals surface area (Å²) in [6.45, 7) is 2.45. The summed E-state index contributed by atoms with van der Waals surface area (Å²) < 4.78 is 51.3. The van der Waals surface area contributed by atoms with Crippen LogP contribution in [0, 0.1) is 11.7 Å². The van der Waals surface area contributed by atoms with Crippen LogP contribution in [0.4, 0.5) is 23.2 Å². The topological polar surface area (TPSA) is 15.3 Å². The Kier molecular flexibility index (Phi) is 4.52. The van der Waals surface area contributed by atoms with Gasteiger partial charge < -0.3 is 10.2 Å². The van der Waals surface area contributed by atoms with Crippen molar-refractivity contribution in [3.05, 3.63) is 29.6 Å². The first kappa shape index (κ1) is 15.1. The molecule has 0 atom stereocenters. The predicted octanol–water partition coefficient (Wildman–Crippen LogP) is 3.60. The highest BCUT2D eigenvalue weighted by Crippen LogP contribution is 2.32. The quantitative estimate of drug-likeness (QED) is 0.856. The van der Waals surface area contributed by atoms with Gasteiger partial charge in [-0.2, -0.15) is 13.2 Å². The van der Waals surface area contributed by atoms with Crippen LogP contribution in [-0.4, -0.2) is 31.6 Å². The Bertz CT molecular complexity index is 451. The third-order valence-electron chi connectivity index (χ3n) is 3.71. The van der Waals surface area contributed by atoms with Gasteiger partial charge in [0.15, 0.2) is 0 Å². The second-order valence-corrected chi connectivity index (χ2v) is 5.32. The van der Waals surface area contributed by atoms with Crippen molar-refractivity contribution in [3.63, 3.8) is 0 Å². The van der Waals surface area contributed by atoms with Gasteiger partial charge in [0, 0.05) is 6.54 Å². The van der Waals surface area contributed by atoms with Crippen LogP contribution in [0.15, 0.2) is 18.2 Å². The minimum atomic E-state index is -4.45. The van der Waals surface area contributed by atoms with Crippen LogP contribution >= 0.6 is 0 Å². The first-order chi connectivity index (χ1) is 9.36. The SMILES string of the molecule is CN1CCC(CNc2cc(C(F)(F)F)ccc2F)CC1. The Hall–Kier alpha value is -1.30. The van der Waals surface area contributed by atoms with Crippen molar-refractivity contribution in [3.8, 4) is 0 Å². The van der Waals surface area contributed by atoms with E-state index in [2.05, 4.69) is 10.2 Å². The number of rotatable bonds is 3. The van der Waals surface area contributed by atoms with Crippen molar-refractivity contribution in [2.24, 2.45) is 5.92 Å². The Morgan fingerprint density at radius 2 is 1.90 bits per heavy atom. The van der Waals surface area contributed by atoms with E-state index in [1.165, 1.54) is 0 Å². The summed E-state index contributed by atoms with van der Waals surface area (Å²) in [6.07, 6.45) is -2.49. The molecule has 1 aromatic carbocycles. The zero-order valence-electron chi connectivity index (χ0n) is 11.3. The van der Waals surface area contributed by atoms with E-state index >= 15 is 0 Å². The normalized spacial score (nSPS) is 18.2. The molecule has 0 saturated carbocycles. The lowest BCUT2D eigenvalue weighted by atomic mass is 9.97. The lowest BCUT2D eigenvalue weighted by molar-refractivity contribution is -0.137. The summed E-state index contributed by atoms with van der Waals surface area (Å²) in [4.78, 5) is 2.21. The maximum atomic E-state index is 13.5. The highest BCUT2D eigenvalue weighted by atomic mass is 19.4. The smallest absolute Gasteiger partial charge is 0.382 e. The molecule has 0 spiro atoms. The number of nitrogens with zero attached hydrogens (tertiary/aromatic N) is 1. The fraction of sp³-hybridized carbons (Fsp3) is 0.571. The molecule has 2 rings (SSSR count). The maximum Gasteiger partial charge on any atom is 0.416 e. The second kappa shape index (κ2) is 5.99. The van der Waals surface area contributed by atoms with Gasteiger partial charge in [0.25, 0.3) is 0 Å². The van der Waals surface area contributed by atoms with Crippen LogP contribution in [0.3, 0.4) is 0 Å². The molecule has 0 aromatic heterocycles. The minimum Gasteiger partial charge on any atom is -0.382 e. The molecule has 2 nitrogen and oxygen atoms in total. The Morgan fingerprint density at radius 3 is 2.50 bits per heavy atom. The number of hydrogen-bond donors (Lipinski definition) is 1. The molecule has 1 saturated heterocycles. The van der Waals surface area contributed by atoms with Gasteiger partial charge in [-0.3, -0.25) is 0 Å². The van der Waals surface area contributed by atoms with E-state index < -0.39 is 17.6 Å². The van der Waals surface area contributed by atoms with Crippen LogP contribution < -0.4 is 5.32 Å². The number of hydrogen-bond acceptors (Lipinski definition) is 2. The van der Waals surface area contributed by atoms with E-state index in [1.807, 2.05) is 7.05 Å². The Balaban J connectivity index is 1.98. The molecule has 0 bridgehead atoms. The van der Waals surface area contributed by atoms with Gasteiger partial charge in [0.2, 0.25) is 0 Å². The molecule has 1 aromatic rings. The van der Waals surface area contributed by atoms with Crippen molar-refractivity contribution in [2.75, 3.05) is 32.0 Å². The van der Waals surface area contributed by atoms with Crippen molar-refractivity contribution in [2.45, 2.75) is 19.0 Å². The molecular formula is C14H18F4N2. The van der Waals surface area contributed by atoms with E-state index in [0.29, 0.717) is 12.5 Å². The molecule has 112 valence electrons. The van der Waals surface area contributed by atoms with Gasteiger partial charge in [-0.25, -0.2) is 4.39 Å². The van der Waals surface area contributed by atoms with Crippen molar-refractivity contribution >= 4 is 5.69 Å². The average Bonchev–Trinajstić information content (AvgIpc) is 2.38. The Labute approximate surface area is 115 Å².